The number of hydrogen-bond donors (Lipinski definition) is 6. The lowest BCUT2D eigenvalue weighted by molar-refractivity contribution is -0.142. The Morgan fingerprint density at radius 2 is 1.45 bits per heavy atom. The van der Waals surface area contributed by atoms with Crippen molar-refractivity contribution in [3.63, 3.8) is 0 Å². The first-order valence-corrected chi connectivity index (χ1v) is 9.49. The van der Waals surface area contributed by atoms with Gasteiger partial charge in [-0.15, -0.1) is 0 Å². The van der Waals surface area contributed by atoms with Gasteiger partial charge in [0.05, 0.1) is 12.5 Å². The first kappa shape index (κ1) is 26.3. The highest BCUT2D eigenvalue weighted by molar-refractivity contribution is 5.96. The highest BCUT2D eigenvalue weighted by atomic mass is 16.4. The summed E-state index contributed by atoms with van der Waals surface area (Å²) in [4.78, 5) is 59.7. The minimum Gasteiger partial charge on any atom is -0.480 e. The number of nitrogens with one attached hydrogen (secondary N) is 3. The van der Waals surface area contributed by atoms with Crippen LogP contribution in [-0.2, 0) is 24.0 Å². The standard InChI is InChI=1S/C18H33N5O6/c1-6-9(4)14(17(27)21-10(5)18(28)29)23-15(25)11(7-12(19)24)22-16(26)13(20)8(2)3/h8-11,13-14H,6-7,20H2,1-5H3,(H2,19,24)(H,21,27)(H,22,26)(H,23,25)(H,28,29). The van der Waals surface area contributed by atoms with Gasteiger partial charge in [0.1, 0.15) is 18.1 Å². The molecule has 5 atom stereocenters. The quantitative estimate of drug-likeness (QED) is 0.222. The van der Waals surface area contributed by atoms with E-state index in [0.717, 1.165) is 0 Å². The molecule has 8 N–H and O–H groups in total. The van der Waals surface area contributed by atoms with Crippen molar-refractivity contribution in [1.29, 1.82) is 0 Å². The molecule has 166 valence electrons. The molecule has 0 aromatic heterocycles. The molecule has 0 spiro atoms. The van der Waals surface area contributed by atoms with Gasteiger partial charge in [-0.1, -0.05) is 34.1 Å². The molecule has 0 saturated heterocycles. The van der Waals surface area contributed by atoms with E-state index < -0.39 is 60.2 Å². The molecule has 11 nitrogen and oxygen atoms in total. The summed E-state index contributed by atoms with van der Waals surface area (Å²) in [6.45, 7) is 8.23. The lowest BCUT2D eigenvalue weighted by Gasteiger charge is -2.27. The lowest BCUT2D eigenvalue weighted by atomic mass is 9.97. The fourth-order valence-corrected chi connectivity index (χ4v) is 2.30. The second-order valence-corrected chi connectivity index (χ2v) is 7.44. The van der Waals surface area contributed by atoms with Gasteiger partial charge in [0, 0.05) is 0 Å². The Morgan fingerprint density at radius 1 is 0.897 bits per heavy atom. The number of carbonyl (C=O) groups is 5. The predicted octanol–water partition coefficient (Wildman–Crippen LogP) is -1.55. The summed E-state index contributed by atoms with van der Waals surface area (Å²) in [6.07, 6.45) is 0.0215. The first-order valence-electron chi connectivity index (χ1n) is 9.49. The van der Waals surface area contributed by atoms with Crippen molar-refractivity contribution in [3.05, 3.63) is 0 Å². The molecule has 0 heterocycles. The molecule has 0 aliphatic rings. The van der Waals surface area contributed by atoms with Gasteiger partial charge in [0.25, 0.3) is 0 Å². The molecule has 0 saturated carbocycles. The summed E-state index contributed by atoms with van der Waals surface area (Å²) < 4.78 is 0. The third kappa shape index (κ3) is 8.90. The number of carbonyl (C=O) groups excluding carboxylic acids is 4. The van der Waals surface area contributed by atoms with Crippen LogP contribution >= 0.6 is 0 Å². The number of carboxylic acids is 1. The minimum absolute atomic E-state index is 0.205. The lowest BCUT2D eigenvalue weighted by Crippen LogP contribution is -2.59. The Labute approximate surface area is 170 Å². The smallest absolute Gasteiger partial charge is 0.325 e. The SMILES string of the molecule is CCC(C)C(NC(=O)C(CC(N)=O)NC(=O)C(N)C(C)C)C(=O)NC(C)C(=O)O. The summed E-state index contributed by atoms with van der Waals surface area (Å²) in [7, 11) is 0. The molecular weight excluding hydrogens is 382 g/mol. The van der Waals surface area contributed by atoms with Gasteiger partial charge >= 0.3 is 5.97 Å². The molecular formula is C18H33N5O6. The fourth-order valence-electron chi connectivity index (χ4n) is 2.30. The van der Waals surface area contributed by atoms with Gasteiger partial charge in [0.15, 0.2) is 0 Å². The monoisotopic (exact) mass is 415 g/mol. The number of aliphatic carboxylic acids is 1. The van der Waals surface area contributed by atoms with Crippen molar-refractivity contribution in [1.82, 2.24) is 16.0 Å². The zero-order chi connectivity index (χ0) is 22.9. The Hall–Kier alpha value is -2.69. The molecule has 0 aromatic carbocycles. The Balaban J connectivity index is 5.45. The van der Waals surface area contributed by atoms with Gasteiger partial charge in [-0.25, -0.2) is 0 Å². The summed E-state index contributed by atoms with van der Waals surface area (Å²) in [5.41, 5.74) is 10.9. The zero-order valence-corrected chi connectivity index (χ0v) is 17.5. The van der Waals surface area contributed by atoms with Crippen molar-refractivity contribution >= 4 is 29.6 Å². The second kappa shape index (κ2) is 12.0. The van der Waals surface area contributed by atoms with Crippen molar-refractivity contribution in [3.8, 4) is 0 Å². The van der Waals surface area contributed by atoms with E-state index in [4.69, 9.17) is 16.6 Å². The molecule has 0 radical (unpaired) electrons. The highest BCUT2D eigenvalue weighted by Gasteiger charge is 2.32. The molecule has 4 amide bonds. The summed E-state index contributed by atoms with van der Waals surface area (Å²) in [5, 5.41) is 16.1. The molecule has 11 heteroatoms. The van der Waals surface area contributed by atoms with Gasteiger partial charge in [0.2, 0.25) is 23.6 Å². The van der Waals surface area contributed by atoms with E-state index in [-0.39, 0.29) is 11.8 Å². The Morgan fingerprint density at radius 3 is 1.86 bits per heavy atom. The van der Waals surface area contributed by atoms with E-state index in [1.807, 2.05) is 0 Å². The van der Waals surface area contributed by atoms with Crippen molar-refractivity contribution in [2.75, 3.05) is 0 Å². The maximum absolute atomic E-state index is 12.7. The van der Waals surface area contributed by atoms with Crippen LogP contribution in [0.2, 0.25) is 0 Å². The van der Waals surface area contributed by atoms with E-state index in [2.05, 4.69) is 16.0 Å². The van der Waals surface area contributed by atoms with Crippen LogP contribution in [0.5, 0.6) is 0 Å². The molecule has 0 aromatic rings. The molecule has 0 aliphatic carbocycles. The normalized spacial score (nSPS) is 16.1. The van der Waals surface area contributed by atoms with E-state index >= 15 is 0 Å². The molecule has 0 rings (SSSR count). The van der Waals surface area contributed by atoms with Crippen molar-refractivity contribution < 1.29 is 29.1 Å². The van der Waals surface area contributed by atoms with Crippen LogP contribution in [0.4, 0.5) is 0 Å². The number of rotatable bonds is 12. The zero-order valence-electron chi connectivity index (χ0n) is 17.5. The molecule has 0 aliphatic heterocycles. The summed E-state index contributed by atoms with van der Waals surface area (Å²) >= 11 is 0. The van der Waals surface area contributed by atoms with Gasteiger partial charge in [-0.2, -0.15) is 0 Å². The van der Waals surface area contributed by atoms with Crippen LogP contribution in [0.1, 0.15) is 47.5 Å². The van der Waals surface area contributed by atoms with Crippen LogP contribution in [0, 0.1) is 11.8 Å². The topological polar surface area (TPSA) is 194 Å². The van der Waals surface area contributed by atoms with Gasteiger partial charge in [-0.3, -0.25) is 24.0 Å². The molecule has 0 bridgehead atoms. The third-order valence-electron chi connectivity index (χ3n) is 4.58. The number of amides is 4. The van der Waals surface area contributed by atoms with Gasteiger partial charge in [-0.05, 0) is 18.8 Å². The van der Waals surface area contributed by atoms with Gasteiger partial charge < -0.3 is 32.5 Å². The van der Waals surface area contributed by atoms with Crippen LogP contribution in [-0.4, -0.2) is 58.9 Å². The average Bonchev–Trinajstić information content (AvgIpc) is 2.62. The molecule has 5 unspecified atom stereocenters. The number of hydrogen-bond acceptors (Lipinski definition) is 6. The maximum atomic E-state index is 12.7. The number of carboxylic acid groups (broad SMARTS) is 1. The minimum atomic E-state index is -1.32. The summed E-state index contributed by atoms with van der Waals surface area (Å²) in [5.74, 6) is -4.72. The number of nitrogens with two attached hydrogens (primary N) is 2. The van der Waals surface area contributed by atoms with Crippen LogP contribution in [0.3, 0.4) is 0 Å². The summed E-state index contributed by atoms with van der Waals surface area (Å²) in [6, 6.07) is -4.44. The van der Waals surface area contributed by atoms with Crippen LogP contribution < -0.4 is 27.4 Å². The molecule has 29 heavy (non-hydrogen) atoms. The fraction of sp³-hybridized carbons (Fsp3) is 0.722. The van der Waals surface area contributed by atoms with E-state index in [0.29, 0.717) is 6.42 Å². The Bertz CT molecular complexity index is 624. The number of primary amides is 1. The maximum Gasteiger partial charge on any atom is 0.325 e. The average molecular weight is 415 g/mol. The predicted molar refractivity (Wildman–Crippen MR) is 105 cm³/mol. The first-order chi connectivity index (χ1) is 13.3. The van der Waals surface area contributed by atoms with E-state index in [1.165, 1.54) is 6.92 Å². The van der Waals surface area contributed by atoms with Crippen LogP contribution in [0.15, 0.2) is 0 Å². The largest absolute Gasteiger partial charge is 0.480 e. The highest BCUT2D eigenvalue weighted by Crippen LogP contribution is 2.10. The van der Waals surface area contributed by atoms with Crippen LogP contribution in [0.25, 0.3) is 0 Å². The third-order valence-corrected chi connectivity index (χ3v) is 4.58. The van der Waals surface area contributed by atoms with E-state index in [1.54, 1.807) is 27.7 Å². The second-order valence-electron chi connectivity index (χ2n) is 7.44. The molecule has 0 fully saturated rings. The Kier molecular flexibility index (Phi) is 10.9. The van der Waals surface area contributed by atoms with Crippen molar-refractivity contribution in [2.24, 2.45) is 23.3 Å². The van der Waals surface area contributed by atoms with Crippen molar-refractivity contribution in [2.45, 2.75) is 71.6 Å². The van der Waals surface area contributed by atoms with E-state index in [9.17, 15) is 24.0 Å².